The van der Waals surface area contributed by atoms with Crippen molar-refractivity contribution in [3.05, 3.63) is 71.8 Å². The summed E-state index contributed by atoms with van der Waals surface area (Å²) >= 11 is 0. The molecule has 2 aromatic rings. The van der Waals surface area contributed by atoms with Crippen LogP contribution in [0.1, 0.15) is 36.1 Å². The molecule has 2 atom stereocenters. The van der Waals surface area contributed by atoms with Gasteiger partial charge in [-0.05, 0) is 11.1 Å². The third-order valence-electron chi connectivity index (χ3n) is 4.30. The Hall–Kier alpha value is -3.68. The maximum atomic E-state index is 12.3. The van der Waals surface area contributed by atoms with Crippen molar-refractivity contribution in [3.63, 3.8) is 0 Å². The Balaban J connectivity index is 1.82. The number of imide groups is 2. The van der Waals surface area contributed by atoms with Crippen LogP contribution in [0.5, 0.6) is 0 Å². The second-order valence-electron chi connectivity index (χ2n) is 6.38. The topological polar surface area (TPSA) is 116 Å². The molecule has 0 bridgehead atoms. The van der Waals surface area contributed by atoms with Crippen LogP contribution < -0.4 is 21.3 Å². The maximum absolute atomic E-state index is 12.3. The molecule has 0 aromatic heterocycles. The van der Waals surface area contributed by atoms with Crippen molar-refractivity contribution in [2.75, 3.05) is 0 Å². The van der Waals surface area contributed by atoms with E-state index in [1.165, 1.54) is 0 Å². The van der Waals surface area contributed by atoms with Crippen molar-refractivity contribution in [2.45, 2.75) is 24.9 Å². The van der Waals surface area contributed by atoms with Crippen molar-refractivity contribution < 1.29 is 19.2 Å². The number of urea groups is 2. The minimum absolute atomic E-state index is 0.158. The predicted molar refractivity (Wildman–Crippen MR) is 101 cm³/mol. The first kappa shape index (κ1) is 19.1. The number of hydrogen-bond donors (Lipinski definition) is 4. The zero-order chi connectivity index (χ0) is 19.9. The first-order chi connectivity index (χ1) is 13.5. The molecule has 1 aliphatic heterocycles. The molecule has 28 heavy (non-hydrogen) atoms. The molecule has 4 N–H and O–H groups in total. The Bertz CT molecular complexity index is 765. The zero-order valence-electron chi connectivity index (χ0n) is 15.0. The summed E-state index contributed by atoms with van der Waals surface area (Å²) in [6, 6.07) is 14.9. The third-order valence-corrected chi connectivity index (χ3v) is 4.30. The van der Waals surface area contributed by atoms with Crippen LogP contribution in [0.15, 0.2) is 60.7 Å². The molecule has 6 amide bonds. The summed E-state index contributed by atoms with van der Waals surface area (Å²) in [5.41, 5.74) is 1.36. The molecular formula is C20H20N4O4. The summed E-state index contributed by atoms with van der Waals surface area (Å²) in [6.07, 6.45) is -0.315. The van der Waals surface area contributed by atoms with E-state index >= 15 is 0 Å². The van der Waals surface area contributed by atoms with Crippen LogP contribution >= 0.6 is 0 Å². The molecule has 8 heteroatoms. The molecule has 8 nitrogen and oxygen atoms in total. The number of amides is 6. The monoisotopic (exact) mass is 380 g/mol. The van der Waals surface area contributed by atoms with Crippen LogP contribution in [-0.2, 0) is 9.59 Å². The normalized spacial score (nSPS) is 21.3. The fourth-order valence-corrected chi connectivity index (χ4v) is 2.99. The molecular weight excluding hydrogens is 360 g/mol. The Kier molecular flexibility index (Phi) is 6.01. The van der Waals surface area contributed by atoms with Gasteiger partial charge in [-0.25, -0.2) is 9.59 Å². The third kappa shape index (κ3) is 5.16. The van der Waals surface area contributed by atoms with Crippen molar-refractivity contribution in [1.29, 1.82) is 0 Å². The minimum atomic E-state index is -0.703. The van der Waals surface area contributed by atoms with Crippen molar-refractivity contribution >= 4 is 23.9 Å². The Morgan fingerprint density at radius 3 is 1.29 bits per heavy atom. The highest BCUT2D eigenvalue weighted by Gasteiger charge is 2.25. The molecule has 1 heterocycles. The van der Waals surface area contributed by atoms with Gasteiger partial charge in [0.25, 0.3) is 0 Å². The average molecular weight is 380 g/mol. The van der Waals surface area contributed by atoms with Gasteiger partial charge < -0.3 is 10.6 Å². The zero-order valence-corrected chi connectivity index (χ0v) is 15.0. The van der Waals surface area contributed by atoms with Crippen molar-refractivity contribution in [1.82, 2.24) is 21.3 Å². The van der Waals surface area contributed by atoms with Crippen LogP contribution in [0.4, 0.5) is 9.59 Å². The highest BCUT2D eigenvalue weighted by atomic mass is 16.2. The van der Waals surface area contributed by atoms with E-state index in [4.69, 9.17) is 0 Å². The van der Waals surface area contributed by atoms with Crippen LogP contribution in [0.2, 0.25) is 0 Å². The average Bonchev–Trinajstić information content (AvgIpc) is 2.67. The molecule has 0 radical (unpaired) electrons. The molecule has 0 spiro atoms. The summed E-state index contributed by atoms with van der Waals surface area (Å²) in [4.78, 5) is 49.1. The predicted octanol–water partition coefficient (Wildman–Crippen LogP) is 1.91. The SMILES string of the molecule is O=C1CC(c2ccccc2)NC(=O)NC(=O)CC(c2ccccc2)NC(=O)N1. The van der Waals surface area contributed by atoms with E-state index in [9.17, 15) is 19.2 Å². The van der Waals surface area contributed by atoms with Gasteiger partial charge in [-0.15, -0.1) is 0 Å². The Morgan fingerprint density at radius 2 is 0.929 bits per heavy atom. The van der Waals surface area contributed by atoms with Gasteiger partial charge >= 0.3 is 12.1 Å². The lowest BCUT2D eigenvalue weighted by Gasteiger charge is -2.23. The number of benzene rings is 2. The lowest BCUT2D eigenvalue weighted by atomic mass is 10.0. The van der Waals surface area contributed by atoms with Gasteiger partial charge in [0.1, 0.15) is 0 Å². The lowest BCUT2D eigenvalue weighted by Crippen LogP contribution is -2.48. The van der Waals surface area contributed by atoms with Crippen LogP contribution in [0.25, 0.3) is 0 Å². The van der Waals surface area contributed by atoms with Crippen LogP contribution in [-0.4, -0.2) is 23.9 Å². The summed E-state index contributed by atoms with van der Waals surface area (Å²) in [6.45, 7) is 0. The Morgan fingerprint density at radius 1 is 0.571 bits per heavy atom. The smallest absolute Gasteiger partial charge is 0.321 e. The molecule has 1 aliphatic rings. The summed E-state index contributed by atoms with van der Waals surface area (Å²) < 4.78 is 0. The molecule has 144 valence electrons. The van der Waals surface area contributed by atoms with E-state index in [0.717, 1.165) is 0 Å². The van der Waals surface area contributed by atoms with E-state index < -0.39 is 36.0 Å². The summed E-state index contributed by atoms with van der Waals surface area (Å²) in [5.74, 6) is -1.10. The molecule has 1 fully saturated rings. The van der Waals surface area contributed by atoms with Crippen molar-refractivity contribution in [2.24, 2.45) is 0 Å². The highest BCUT2D eigenvalue weighted by molar-refractivity contribution is 5.97. The molecule has 2 unspecified atom stereocenters. The van der Waals surface area contributed by atoms with Gasteiger partial charge in [0, 0.05) is 0 Å². The summed E-state index contributed by atoms with van der Waals surface area (Å²) in [5, 5.41) is 9.75. The number of hydrogen-bond acceptors (Lipinski definition) is 4. The molecule has 0 saturated carbocycles. The second-order valence-corrected chi connectivity index (χ2v) is 6.38. The molecule has 3 rings (SSSR count). The van der Waals surface area contributed by atoms with Crippen LogP contribution in [0, 0.1) is 0 Å². The molecule has 0 aliphatic carbocycles. The van der Waals surface area contributed by atoms with Crippen LogP contribution in [0.3, 0.4) is 0 Å². The number of rotatable bonds is 2. The lowest BCUT2D eigenvalue weighted by molar-refractivity contribution is -0.120. The van der Waals surface area contributed by atoms with Gasteiger partial charge in [0.05, 0.1) is 24.9 Å². The first-order valence-electron chi connectivity index (χ1n) is 8.82. The van der Waals surface area contributed by atoms with Gasteiger partial charge in [0.15, 0.2) is 0 Å². The number of carbonyl (C=O) groups excluding carboxylic acids is 4. The fraction of sp³-hybridized carbons (Fsp3) is 0.200. The quantitative estimate of drug-likeness (QED) is 0.637. The van der Waals surface area contributed by atoms with Gasteiger partial charge in [-0.2, -0.15) is 0 Å². The fourth-order valence-electron chi connectivity index (χ4n) is 2.99. The van der Waals surface area contributed by atoms with E-state index in [1.54, 1.807) is 60.7 Å². The van der Waals surface area contributed by atoms with Gasteiger partial charge in [-0.3, -0.25) is 20.2 Å². The van der Waals surface area contributed by atoms with E-state index in [0.29, 0.717) is 11.1 Å². The minimum Gasteiger partial charge on any atom is -0.330 e. The van der Waals surface area contributed by atoms with E-state index in [1.807, 2.05) is 0 Å². The number of nitrogens with one attached hydrogen (secondary N) is 4. The largest absolute Gasteiger partial charge is 0.330 e. The molecule has 1 saturated heterocycles. The highest BCUT2D eigenvalue weighted by Crippen LogP contribution is 2.19. The van der Waals surface area contributed by atoms with Gasteiger partial charge in [-0.1, -0.05) is 60.7 Å². The number of carbonyl (C=O) groups is 4. The van der Waals surface area contributed by atoms with Gasteiger partial charge in [0.2, 0.25) is 11.8 Å². The Labute approximate surface area is 161 Å². The summed E-state index contributed by atoms with van der Waals surface area (Å²) in [7, 11) is 0. The van der Waals surface area contributed by atoms with Crippen molar-refractivity contribution in [3.8, 4) is 0 Å². The standard InChI is InChI=1S/C20H20N4O4/c25-17-11-15(13-7-3-1-4-8-13)21-19(27)24-18(26)12-16(22-20(28)23-17)14-9-5-2-6-10-14/h1-10,15-16H,11-12H2,(H2,21,24,26,27)(H2,22,23,25,28). The maximum Gasteiger partial charge on any atom is 0.321 e. The van der Waals surface area contributed by atoms with E-state index in [2.05, 4.69) is 21.3 Å². The van der Waals surface area contributed by atoms with E-state index in [-0.39, 0.29) is 12.8 Å². The second kappa shape index (κ2) is 8.81. The first-order valence-corrected chi connectivity index (χ1v) is 8.82. The molecule has 2 aromatic carbocycles.